The molecular weight excluding hydrogens is 934 g/mol. The maximum absolute atomic E-state index is 8.89. The molecule has 314 valence electrons. The summed E-state index contributed by atoms with van der Waals surface area (Å²) in [4.78, 5) is 8.89. The van der Waals surface area contributed by atoms with E-state index in [1.807, 2.05) is 17.3 Å². The van der Waals surface area contributed by atoms with Crippen molar-refractivity contribution in [3.63, 3.8) is 0 Å². The Bertz CT molecular complexity index is 1980. The van der Waals surface area contributed by atoms with Crippen molar-refractivity contribution in [2.45, 2.75) is 6.92 Å². The Kier molecular flexibility index (Phi) is 21.9. The van der Waals surface area contributed by atoms with Gasteiger partial charge in [0.05, 0.1) is 0 Å². The van der Waals surface area contributed by atoms with Gasteiger partial charge >= 0.3 is 27.0 Å². The van der Waals surface area contributed by atoms with E-state index in [2.05, 4.69) is 283 Å². The first-order valence-electron chi connectivity index (χ1n) is 20.3. The zero-order valence-corrected chi connectivity index (χ0v) is 40.0. The second kappa shape index (κ2) is 28.4. The van der Waals surface area contributed by atoms with Crippen LogP contribution in [-0.2, 0) is 22.1 Å². The summed E-state index contributed by atoms with van der Waals surface area (Å²) < 4.78 is 0. The molecule has 0 atom stereocenters. The average Bonchev–Trinajstić information content (AvgIpc) is 3.36. The van der Waals surface area contributed by atoms with Crippen molar-refractivity contribution in [2.75, 3.05) is 0 Å². The Morgan fingerprint density at radius 3 is 0.444 bits per heavy atom. The zero-order chi connectivity index (χ0) is 44.3. The first-order valence-corrected chi connectivity index (χ1v) is 26.5. The van der Waals surface area contributed by atoms with E-state index >= 15 is 0 Å². The maximum atomic E-state index is 8.89. The summed E-state index contributed by atoms with van der Waals surface area (Å²) >= 11 is 1.82. The van der Waals surface area contributed by atoms with Gasteiger partial charge in [-0.15, -0.1) is 0 Å². The molecule has 0 unspecified atom stereocenters. The summed E-state index contributed by atoms with van der Waals surface area (Å²) in [7, 11) is 3.23. The molecule has 2 nitrogen and oxygen atoms in total. The minimum absolute atomic E-state index is 0.446. The van der Waals surface area contributed by atoms with Crippen molar-refractivity contribution in [3.8, 4) is 0 Å². The van der Waals surface area contributed by atoms with Gasteiger partial charge in [0.2, 0.25) is 0 Å². The summed E-state index contributed by atoms with van der Waals surface area (Å²) in [5.74, 6) is -1.08. The number of carboxylic acids is 1. The van der Waals surface area contributed by atoms with Crippen molar-refractivity contribution < 1.29 is 27.2 Å². The minimum atomic E-state index is -1.08. The monoisotopic (exact) mass is 982 g/mol. The van der Waals surface area contributed by atoms with E-state index < -0.39 is 29.7 Å². The number of carboxylic acid groups (broad SMARTS) is 1. The molecule has 9 aromatic carbocycles. The van der Waals surface area contributed by atoms with Crippen LogP contribution in [0.3, 0.4) is 0 Å². The SMILES string of the molecule is CC(=O)[O-].[Cl][Ru+].c1ccc(P(c2ccccc2)c2ccccc2)cc1.c1ccc(P(c2ccccc2)c2ccccc2)cc1.c1ccc(P(c2ccccc2)c2ccccc2)cc1. The Morgan fingerprint density at radius 2 is 0.365 bits per heavy atom. The molecule has 0 radical (unpaired) electrons. The Labute approximate surface area is 391 Å². The van der Waals surface area contributed by atoms with Crippen LogP contribution in [0.2, 0.25) is 0 Å². The third kappa shape index (κ3) is 16.1. The molecule has 0 bridgehead atoms. The fourth-order valence-corrected chi connectivity index (χ4v) is 13.5. The first-order chi connectivity index (χ1) is 31.1. The van der Waals surface area contributed by atoms with Gasteiger partial charge in [-0.1, -0.05) is 273 Å². The smallest absolute Gasteiger partial charge is 0.0134 e. The van der Waals surface area contributed by atoms with Gasteiger partial charge in [-0.2, -0.15) is 0 Å². The molecule has 0 aromatic heterocycles. The normalized spacial score (nSPS) is 10.1. The second-order valence-corrected chi connectivity index (χ2v) is 20.2. The van der Waals surface area contributed by atoms with Crippen LogP contribution < -0.4 is 52.8 Å². The number of halogens is 1. The number of carbonyl (C=O) groups excluding carboxylic acids is 1. The number of hydrogen-bond acceptors (Lipinski definition) is 2. The van der Waals surface area contributed by atoms with E-state index in [9.17, 15) is 0 Å². The molecule has 0 fully saturated rings. The standard InChI is InChI=1S/3C18H15P.C2H4O2.ClH.Ru/c3*1-4-10-16(11-5-1)19(17-12-6-2-7-13-17)18-14-8-3-9-15-18;1-2(3)4;;/h3*1-15H;1H3,(H,3,4);1H;/q;;;;;+2/p-2. The summed E-state index contributed by atoms with van der Waals surface area (Å²) in [5, 5.41) is 21.5. The second-order valence-electron chi connectivity index (χ2n) is 13.5. The molecule has 7 heteroatoms. The van der Waals surface area contributed by atoms with Gasteiger partial charge in [0.25, 0.3) is 0 Å². The van der Waals surface area contributed by atoms with Gasteiger partial charge in [-0.25, -0.2) is 0 Å². The van der Waals surface area contributed by atoms with Crippen LogP contribution in [0.4, 0.5) is 0 Å². The minimum Gasteiger partial charge on any atom is -0.0622 e. The molecule has 9 rings (SSSR count). The van der Waals surface area contributed by atoms with Crippen LogP contribution in [0.5, 0.6) is 0 Å². The largest absolute Gasteiger partial charge is 0.0622 e. The van der Waals surface area contributed by atoms with E-state index in [0.29, 0.717) is 0 Å². The third-order valence-electron chi connectivity index (χ3n) is 9.13. The first kappa shape index (κ1) is 48.7. The maximum Gasteiger partial charge on any atom is -0.0134 e. The van der Waals surface area contributed by atoms with Gasteiger partial charge in [0.15, 0.2) is 0 Å². The quantitative estimate of drug-likeness (QED) is 0.107. The van der Waals surface area contributed by atoms with Crippen molar-refractivity contribution in [2.24, 2.45) is 0 Å². The zero-order valence-electron chi connectivity index (χ0n) is 34.9. The van der Waals surface area contributed by atoms with Crippen LogP contribution in [0.15, 0.2) is 273 Å². The van der Waals surface area contributed by atoms with Crippen molar-refractivity contribution in [1.82, 2.24) is 0 Å². The predicted octanol–water partition coefficient (Wildman–Crippen LogP) is 9.78. The molecule has 0 amide bonds. The number of benzene rings is 9. The van der Waals surface area contributed by atoms with Gasteiger partial charge in [0, 0.05) is 5.97 Å². The van der Waals surface area contributed by atoms with E-state index in [1.165, 1.54) is 47.7 Å². The molecule has 63 heavy (non-hydrogen) atoms. The fraction of sp³-hybridized carbons (Fsp3) is 0.0179. The van der Waals surface area contributed by atoms with Gasteiger partial charge < -0.3 is 9.90 Å². The topological polar surface area (TPSA) is 40.1 Å². The van der Waals surface area contributed by atoms with E-state index in [0.717, 1.165) is 6.92 Å². The number of carbonyl (C=O) groups is 1. The number of rotatable bonds is 9. The average molecular weight is 982 g/mol. The van der Waals surface area contributed by atoms with E-state index in [-0.39, 0.29) is 0 Å². The van der Waals surface area contributed by atoms with Crippen LogP contribution in [0.25, 0.3) is 0 Å². The van der Waals surface area contributed by atoms with Crippen LogP contribution in [0.1, 0.15) is 6.92 Å². The van der Waals surface area contributed by atoms with Crippen molar-refractivity contribution in [3.05, 3.63) is 273 Å². The number of aliphatic carboxylic acids is 1. The molecule has 0 N–H and O–H groups in total. The van der Waals surface area contributed by atoms with Crippen LogP contribution in [0, 0.1) is 0 Å². The Hall–Kier alpha value is -5.35. The molecule has 0 aliphatic carbocycles. The predicted molar refractivity (Wildman–Crippen MR) is 272 cm³/mol. The van der Waals surface area contributed by atoms with Crippen molar-refractivity contribution >= 4 is 87.2 Å². The number of hydrogen-bond donors (Lipinski definition) is 0. The molecule has 0 aliphatic rings. The summed E-state index contributed by atoms with van der Waals surface area (Å²) in [5.41, 5.74) is 0. The van der Waals surface area contributed by atoms with Crippen molar-refractivity contribution in [1.29, 1.82) is 0 Å². The van der Waals surface area contributed by atoms with E-state index in [4.69, 9.17) is 9.90 Å². The summed E-state index contributed by atoms with van der Waals surface area (Å²) in [6, 6.07) is 97.0. The molecule has 0 saturated carbocycles. The Morgan fingerprint density at radius 1 is 0.286 bits per heavy atom. The van der Waals surface area contributed by atoms with Gasteiger partial charge in [-0.05, 0) is 78.4 Å². The third-order valence-corrected chi connectivity index (χ3v) is 16.5. The van der Waals surface area contributed by atoms with E-state index in [1.54, 1.807) is 0 Å². The van der Waals surface area contributed by atoms with Gasteiger partial charge in [0.1, 0.15) is 0 Å². The van der Waals surface area contributed by atoms with Gasteiger partial charge in [-0.3, -0.25) is 0 Å². The molecule has 0 spiro atoms. The molecule has 9 aromatic rings. The Balaban J connectivity index is 0.000000167. The van der Waals surface area contributed by atoms with Crippen LogP contribution >= 0.6 is 33.5 Å². The fourth-order valence-electron chi connectivity index (χ4n) is 6.54. The molecule has 0 aliphatic heterocycles. The van der Waals surface area contributed by atoms with Crippen LogP contribution in [-0.4, -0.2) is 5.97 Å². The molecule has 0 heterocycles. The molecule has 0 saturated heterocycles. The summed E-state index contributed by atoms with van der Waals surface area (Å²) in [6.45, 7) is 0.972. The molecular formula is C56H48ClO2P3Ru. The summed E-state index contributed by atoms with van der Waals surface area (Å²) in [6.07, 6.45) is 0.